The van der Waals surface area contributed by atoms with Crippen LogP contribution >= 0.6 is 0 Å². The third kappa shape index (κ3) is 2.82. The Bertz CT molecular complexity index is 728. The molecule has 0 aliphatic carbocycles. The quantitative estimate of drug-likeness (QED) is 0.626. The topological polar surface area (TPSA) is 9.23 Å². The molecule has 0 amide bonds. The minimum Gasteiger partial charge on any atom is -0.496 e. The highest BCUT2D eigenvalue weighted by Gasteiger charge is 2.07. The van der Waals surface area contributed by atoms with Gasteiger partial charge in [-0.15, -0.1) is 0 Å². The Kier molecular flexibility index (Phi) is 3.74. The van der Waals surface area contributed by atoms with E-state index in [-0.39, 0.29) is 0 Å². The molecule has 0 heterocycles. The van der Waals surface area contributed by atoms with Crippen LogP contribution in [-0.2, 0) is 0 Å². The van der Waals surface area contributed by atoms with Crippen molar-refractivity contribution in [3.8, 4) is 28.0 Å². The Labute approximate surface area is 125 Å². The zero-order valence-electron chi connectivity index (χ0n) is 12.3. The van der Waals surface area contributed by atoms with Gasteiger partial charge in [0.15, 0.2) is 0 Å². The number of methoxy groups -OCH3 is 1. The normalized spacial score (nSPS) is 10.4. The summed E-state index contributed by atoms with van der Waals surface area (Å²) in [5.74, 6) is 0.902. The second-order valence-corrected chi connectivity index (χ2v) is 5.15. The summed E-state index contributed by atoms with van der Waals surface area (Å²) in [4.78, 5) is 0. The lowest BCUT2D eigenvalue weighted by molar-refractivity contribution is 0.416. The van der Waals surface area contributed by atoms with E-state index < -0.39 is 0 Å². The average molecular weight is 274 g/mol. The summed E-state index contributed by atoms with van der Waals surface area (Å²) < 4.78 is 5.59. The summed E-state index contributed by atoms with van der Waals surface area (Å²) >= 11 is 0. The molecular weight excluding hydrogens is 256 g/mol. The van der Waals surface area contributed by atoms with Gasteiger partial charge in [-0.1, -0.05) is 72.3 Å². The van der Waals surface area contributed by atoms with Crippen LogP contribution in [-0.4, -0.2) is 7.11 Å². The molecule has 0 radical (unpaired) electrons. The van der Waals surface area contributed by atoms with Crippen LogP contribution in [0.3, 0.4) is 0 Å². The molecule has 0 unspecified atom stereocenters. The second kappa shape index (κ2) is 5.84. The Balaban J connectivity index is 2.05. The van der Waals surface area contributed by atoms with Crippen LogP contribution < -0.4 is 4.74 Å². The molecule has 0 aromatic heterocycles. The maximum absolute atomic E-state index is 5.59. The zero-order valence-corrected chi connectivity index (χ0v) is 12.3. The van der Waals surface area contributed by atoms with Gasteiger partial charge in [0.1, 0.15) is 5.75 Å². The van der Waals surface area contributed by atoms with E-state index in [9.17, 15) is 0 Å². The van der Waals surface area contributed by atoms with E-state index in [1.54, 1.807) is 7.11 Å². The predicted octanol–water partition coefficient (Wildman–Crippen LogP) is 5.34. The highest BCUT2D eigenvalue weighted by atomic mass is 16.5. The van der Waals surface area contributed by atoms with Crippen LogP contribution in [0.2, 0.25) is 0 Å². The fourth-order valence-corrected chi connectivity index (χ4v) is 2.47. The largest absolute Gasteiger partial charge is 0.496 e. The van der Waals surface area contributed by atoms with Crippen molar-refractivity contribution >= 4 is 0 Å². The lowest BCUT2D eigenvalue weighted by Crippen LogP contribution is -1.89. The first-order valence-corrected chi connectivity index (χ1v) is 7.08. The molecule has 0 bridgehead atoms. The van der Waals surface area contributed by atoms with Crippen LogP contribution in [0.1, 0.15) is 5.56 Å². The molecule has 104 valence electrons. The average Bonchev–Trinajstić information content (AvgIpc) is 2.56. The maximum atomic E-state index is 5.59. The van der Waals surface area contributed by atoms with Crippen molar-refractivity contribution in [3.05, 3.63) is 78.4 Å². The molecule has 3 rings (SSSR count). The van der Waals surface area contributed by atoms with Gasteiger partial charge < -0.3 is 4.74 Å². The SMILES string of the molecule is COc1cc(-c2ccc(C)cc2)ccc1-c1ccccc1. The number of rotatable bonds is 3. The smallest absolute Gasteiger partial charge is 0.127 e. The number of hydrogen-bond acceptors (Lipinski definition) is 1. The van der Waals surface area contributed by atoms with Crippen molar-refractivity contribution in [2.75, 3.05) is 7.11 Å². The highest BCUT2D eigenvalue weighted by Crippen LogP contribution is 2.34. The van der Waals surface area contributed by atoms with Gasteiger partial charge in [0.2, 0.25) is 0 Å². The Morgan fingerprint density at radius 1 is 0.667 bits per heavy atom. The van der Waals surface area contributed by atoms with Crippen molar-refractivity contribution in [2.24, 2.45) is 0 Å². The molecule has 0 atom stereocenters. The summed E-state index contributed by atoms with van der Waals surface area (Å²) in [6.45, 7) is 2.10. The fraction of sp³-hybridized carbons (Fsp3) is 0.100. The molecule has 3 aromatic rings. The van der Waals surface area contributed by atoms with Crippen molar-refractivity contribution in [1.29, 1.82) is 0 Å². The van der Waals surface area contributed by atoms with Crippen molar-refractivity contribution in [2.45, 2.75) is 6.92 Å². The molecule has 0 saturated carbocycles. The number of benzene rings is 3. The van der Waals surface area contributed by atoms with E-state index in [1.807, 2.05) is 18.2 Å². The molecule has 0 N–H and O–H groups in total. The van der Waals surface area contributed by atoms with Gasteiger partial charge in [0.25, 0.3) is 0 Å². The summed E-state index contributed by atoms with van der Waals surface area (Å²) in [6.07, 6.45) is 0. The molecule has 0 saturated heterocycles. The van der Waals surface area contributed by atoms with E-state index in [1.165, 1.54) is 22.3 Å². The zero-order chi connectivity index (χ0) is 14.7. The van der Waals surface area contributed by atoms with Crippen LogP contribution in [0.15, 0.2) is 72.8 Å². The van der Waals surface area contributed by atoms with E-state index in [0.29, 0.717) is 0 Å². The minimum absolute atomic E-state index is 0.902. The predicted molar refractivity (Wildman–Crippen MR) is 88.6 cm³/mol. The molecule has 0 aliphatic rings. The van der Waals surface area contributed by atoms with Crippen LogP contribution in [0, 0.1) is 6.92 Å². The van der Waals surface area contributed by atoms with Gasteiger partial charge >= 0.3 is 0 Å². The van der Waals surface area contributed by atoms with Gasteiger partial charge in [-0.25, -0.2) is 0 Å². The van der Waals surface area contributed by atoms with Gasteiger partial charge in [-0.05, 0) is 29.7 Å². The van der Waals surface area contributed by atoms with Crippen LogP contribution in [0.25, 0.3) is 22.3 Å². The van der Waals surface area contributed by atoms with Gasteiger partial charge in [0.05, 0.1) is 7.11 Å². The third-order valence-electron chi connectivity index (χ3n) is 3.67. The van der Waals surface area contributed by atoms with E-state index in [0.717, 1.165) is 11.3 Å². The highest BCUT2D eigenvalue weighted by molar-refractivity contribution is 5.76. The van der Waals surface area contributed by atoms with Gasteiger partial charge in [-0.3, -0.25) is 0 Å². The Morgan fingerprint density at radius 2 is 1.33 bits per heavy atom. The molecule has 0 aliphatic heterocycles. The molecule has 0 spiro atoms. The second-order valence-electron chi connectivity index (χ2n) is 5.15. The Hall–Kier alpha value is -2.54. The standard InChI is InChI=1S/C20H18O/c1-15-8-10-16(11-9-15)18-12-13-19(20(14-18)21-2)17-6-4-3-5-7-17/h3-14H,1-2H3. The molecule has 3 aromatic carbocycles. The summed E-state index contributed by atoms with van der Waals surface area (Å²) in [5.41, 5.74) is 5.94. The molecule has 21 heavy (non-hydrogen) atoms. The number of hydrogen-bond donors (Lipinski definition) is 0. The van der Waals surface area contributed by atoms with E-state index in [4.69, 9.17) is 4.74 Å². The van der Waals surface area contributed by atoms with Gasteiger partial charge in [-0.2, -0.15) is 0 Å². The number of aryl methyl sites for hydroxylation is 1. The van der Waals surface area contributed by atoms with Crippen molar-refractivity contribution in [1.82, 2.24) is 0 Å². The minimum atomic E-state index is 0.902. The summed E-state index contributed by atoms with van der Waals surface area (Å²) in [5, 5.41) is 0. The fourth-order valence-electron chi connectivity index (χ4n) is 2.47. The van der Waals surface area contributed by atoms with Crippen LogP contribution in [0.4, 0.5) is 0 Å². The summed E-state index contributed by atoms with van der Waals surface area (Å²) in [6, 6.07) is 25.2. The summed E-state index contributed by atoms with van der Waals surface area (Å²) in [7, 11) is 1.72. The lowest BCUT2D eigenvalue weighted by atomic mass is 9.98. The Morgan fingerprint density at radius 3 is 2.00 bits per heavy atom. The van der Waals surface area contributed by atoms with E-state index in [2.05, 4.69) is 61.5 Å². The first-order chi connectivity index (χ1) is 10.3. The monoisotopic (exact) mass is 274 g/mol. The van der Waals surface area contributed by atoms with Crippen molar-refractivity contribution in [3.63, 3.8) is 0 Å². The first kappa shape index (κ1) is 13.4. The maximum Gasteiger partial charge on any atom is 0.127 e. The van der Waals surface area contributed by atoms with Crippen molar-refractivity contribution < 1.29 is 4.74 Å². The molecular formula is C20H18O. The first-order valence-electron chi connectivity index (χ1n) is 7.08. The molecule has 1 heteroatoms. The van der Waals surface area contributed by atoms with Crippen LogP contribution in [0.5, 0.6) is 5.75 Å². The third-order valence-corrected chi connectivity index (χ3v) is 3.67. The molecule has 0 fully saturated rings. The molecule has 1 nitrogen and oxygen atoms in total. The number of ether oxygens (including phenoxy) is 1. The van der Waals surface area contributed by atoms with E-state index >= 15 is 0 Å². The van der Waals surface area contributed by atoms with Gasteiger partial charge in [0, 0.05) is 5.56 Å². The lowest BCUT2D eigenvalue weighted by Gasteiger charge is -2.11.